The molecule has 0 aliphatic carbocycles. The fraction of sp³-hybridized carbons (Fsp3) is 0.429. The van der Waals surface area contributed by atoms with E-state index in [4.69, 9.17) is 15.6 Å². The van der Waals surface area contributed by atoms with Crippen molar-refractivity contribution in [2.45, 2.75) is 19.4 Å². The fourth-order valence-corrected chi connectivity index (χ4v) is 2.34. The third-order valence-corrected chi connectivity index (χ3v) is 3.48. The van der Waals surface area contributed by atoms with E-state index in [0.717, 1.165) is 0 Å². The molecule has 0 amide bonds. The third kappa shape index (κ3) is 5.53. The van der Waals surface area contributed by atoms with Gasteiger partial charge in [0.2, 0.25) is 0 Å². The number of hydrogen-bond acceptors (Lipinski definition) is 6. The summed E-state index contributed by atoms with van der Waals surface area (Å²) in [5.74, 6) is -1.46. The predicted octanol–water partition coefficient (Wildman–Crippen LogP) is 2.11. The molecule has 0 bridgehead atoms. The van der Waals surface area contributed by atoms with E-state index in [-0.39, 0.29) is 12.6 Å². The molecule has 22 heavy (non-hydrogen) atoms. The molecule has 7 nitrogen and oxygen atoms in total. The first kappa shape index (κ1) is 18.2. The van der Waals surface area contributed by atoms with E-state index in [0.29, 0.717) is 34.4 Å². The van der Waals surface area contributed by atoms with Gasteiger partial charge in [0.1, 0.15) is 6.61 Å². The number of carbonyl (C=O) groups is 2. The number of nitrogens with one attached hydrogen (secondary N) is 1. The number of carboxylic acids is 1. The molecule has 0 aliphatic heterocycles. The van der Waals surface area contributed by atoms with Crippen molar-refractivity contribution in [1.29, 1.82) is 0 Å². The zero-order chi connectivity index (χ0) is 16.7. The summed E-state index contributed by atoms with van der Waals surface area (Å²) >= 11 is 3.37. The van der Waals surface area contributed by atoms with Crippen molar-refractivity contribution in [3.8, 4) is 0 Å². The molecule has 0 saturated heterocycles. The standard InChI is InChI=1S/C14H19BrN2O5/c1-8(3-4-22-7-12(18)19)17-13-10(15)5-9(6-11(13)16)14(20)21-2/h5-6,8,17H,3-4,7,16H2,1-2H3,(H,18,19)/t8-/m1/s1. The summed E-state index contributed by atoms with van der Waals surface area (Å²) in [5.41, 5.74) is 7.38. The summed E-state index contributed by atoms with van der Waals surface area (Å²) in [7, 11) is 1.30. The Balaban J connectivity index is 2.65. The van der Waals surface area contributed by atoms with Crippen LogP contribution in [0.1, 0.15) is 23.7 Å². The van der Waals surface area contributed by atoms with Gasteiger partial charge in [-0.1, -0.05) is 0 Å². The van der Waals surface area contributed by atoms with Gasteiger partial charge < -0.3 is 25.6 Å². The molecule has 1 rings (SSSR count). The maximum Gasteiger partial charge on any atom is 0.337 e. The molecule has 1 aromatic carbocycles. The van der Waals surface area contributed by atoms with Crippen molar-refractivity contribution >= 4 is 39.2 Å². The zero-order valence-corrected chi connectivity index (χ0v) is 14.0. The van der Waals surface area contributed by atoms with Gasteiger partial charge in [-0.2, -0.15) is 0 Å². The van der Waals surface area contributed by atoms with E-state index >= 15 is 0 Å². The Hall–Kier alpha value is -1.80. The van der Waals surface area contributed by atoms with Crippen molar-refractivity contribution in [2.75, 3.05) is 31.4 Å². The van der Waals surface area contributed by atoms with Gasteiger partial charge in [0, 0.05) is 17.1 Å². The van der Waals surface area contributed by atoms with Crippen LogP contribution in [-0.4, -0.2) is 43.4 Å². The molecule has 1 atom stereocenters. The van der Waals surface area contributed by atoms with Crippen molar-refractivity contribution < 1.29 is 24.2 Å². The maximum absolute atomic E-state index is 11.5. The Morgan fingerprint density at radius 2 is 2.14 bits per heavy atom. The molecule has 0 unspecified atom stereocenters. The Morgan fingerprint density at radius 3 is 2.68 bits per heavy atom. The molecular formula is C14H19BrN2O5. The number of hydrogen-bond donors (Lipinski definition) is 3. The number of methoxy groups -OCH3 is 1. The predicted molar refractivity (Wildman–Crippen MR) is 86.1 cm³/mol. The van der Waals surface area contributed by atoms with Crippen LogP contribution in [0.4, 0.5) is 11.4 Å². The lowest BCUT2D eigenvalue weighted by Crippen LogP contribution is -2.20. The van der Waals surface area contributed by atoms with Gasteiger partial charge in [0.05, 0.1) is 24.0 Å². The minimum absolute atomic E-state index is 0.0105. The zero-order valence-electron chi connectivity index (χ0n) is 12.4. The van der Waals surface area contributed by atoms with Gasteiger partial charge in [0.25, 0.3) is 0 Å². The number of nitrogen functional groups attached to an aromatic ring is 1. The summed E-state index contributed by atoms with van der Waals surface area (Å²) in [6.07, 6.45) is 0.609. The van der Waals surface area contributed by atoms with Gasteiger partial charge >= 0.3 is 11.9 Å². The molecule has 122 valence electrons. The highest BCUT2D eigenvalue weighted by Crippen LogP contribution is 2.31. The van der Waals surface area contributed by atoms with E-state index < -0.39 is 11.9 Å². The van der Waals surface area contributed by atoms with E-state index in [1.807, 2.05) is 6.92 Å². The topological polar surface area (TPSA) is 111 Å². The van der Waals surface area contributed by atoms with Gasteiger partial charge in [-0.25, -0.2) is 9.59 Å². The number of benzene rings is 1. The van der Waals surface area contributed by atoms with Crippen LogP contribution in [0, 0.1) is 0 Å². The maximum atomic E-state index is 11.5. The van der Waals surface area contributed by atoms with Crippen LogP contribution in [0.3, 0.4) is 0 Å². The quantitative estimate of drug-likeness (QED) is 0.363. The van der Waals surface area contributed by atoms with Crippen molar-refractivity contribution in [3.05, 3.63) is 22.2 Å². The van der Waals surface area contributed by atoms with E-state index in [1.165, 1.54) is 13.2 Å². The fourth-order valence-electron chi connectivity index (χ4n) is 1.75. The first-order valence-corrected chi connectivity index (χ1v) is 7.37. The van der Waals surface area contributed by atoms with Crippen molar-refractivity contribution in [2.24, 2.45) is 0 Å². The Kier molecular flexibility index (Phi) is 7.13. The van der Waals surface area contributed by atoms with Gasteiger partial charge in [-0.3, -0.25) is 0 Å². The monoisotopic (exact) mass is 374 g/mol. The van der Waals surface area contributed by atoms with Gasteiger partial charge in [-0.15, -0.1) is 0 Å². The first-order valence-electron chi connectivity index (χ1n) is 6.58. The Morgan fingerprint density at radius 1 is 1.45 bits per heavy atom. The summed E-state index contributed by atoms with van der Waals surface area (Å²) < 4.78 is 10.3. The van der Waals surface area contributed by atoms with Crippen molar-refractivity contribution in [1.82, 2.24) is 0 Å². The first-order chi connectivity index (χ1) is 10.3. The smallest absolute Gasteiger partial charge is 0.337 e. The molecular weight excluding hydrogens is 356 g/mol. The minimum atomic E-state index is -0.994. The second kappa shape index (κ2) is 8.60. The van der Waals surface area contributed by atoms with E-state index in [9.17, 15) is 9.59 Å². The number of esters is 1. The SMILES string of the molecule is COC(=O)c1cc(N)c(N[C@H](C)CCOCC(=O)O)c(Br)c1. The molecule has 0 heterocycles. The van der Waals surface area contributed by atoms with E-state index in [1.54, 1.807) is 6.07 Å². The van der Waals surface area contributed by atoms with Gasteiger partial charge in [0.15, 0.2) is 0 Å². The Labute approximate surface area is 136 Å². The number of ether oxygens (including phenoxy) is 2. The van der Waals surface area contributed by atoms with Crippen LogP contribution in [0.2, 0.25) is 0 Å². The molecule has 0 aromatic heterocycles. The van der Waals surface area contributed by atoms with E-state index in [2.05, 4.69) is 26.0 Å². The highest BCUT2D eigenvalue weighted by Gasteiger charge is 2.14. The number of nitrogens with two attached hydrogens (primary N) is 1. The Bertz CT molecular complexity index is 527. The van der Waals surface area contributed by atoms with Gasteiger partial charge in [-0.05, 0) is 41.4 Å². The van der Waals surface area contributed by atoms with Crippen LogP contribution in [0.15, 0.2) is 16.6 Å². The summed E-state index contributed by atoms with van der Waals surface area (Å²) in [4.78, 5) is 21.8. The van der Waals surface area contributed by atoms with Crippen LogP contribution in [-0.2, 0) is 14.3 Å². The number of carboxylic acid groups (broad SMARTS) is 1. The molecule has 0 radical (unpaired) electrons. The highest BCUT2D eigenvalue weighted by molar-refractivity contribution is 9.10. The molecule has 0 saturated carbocycles. The average molecular weight is 375 g/mol. The normalized spacial score (nSPS) is 11.8. The number of aliphatic carboxylic acids is 1. The van der Waals surface area contributed by atoms with Crippen molar-refractivity contribution in [3.63, 3.8) is 0 Å². The summed E-state index contributed by atoms with van der Waals surface area (Å²) in [6, 6.07) is 3.17. The van der Waals surface area contributed by atoms with Crippen LogP contribution >= 0.6 is 15.9 Å². The molecule has 0 aliphatic rings. The molecule has 4 N–H and O–H groups in total. The lowest BCUT2D eigenvalue weighted by atomic mass is 10.1. The lowest BCUT2D eigenvalue weighted by Gasteiger charge is -2.18. The summed E-state index contributed by atoms with van der Waals surface area (Å²) in [5, 5.41) is 11.7. The van der Waals surface area contributed by atoms with Crippen LogP contribution in [0.25, 0.3) is 0 Å². The minimum Gasteiger partial charge on any atom is -0.480 e. The molecule has 1 aromatic rings. The largest absolute Gasteiger partial charge is 0.480 e. The number of rotatable bonds is 8. The van der Waals surface area contributed by atoms with Crippen LogP contribution < -0.4 is 11.1 Å². The third-order valence-electron chi connectivity index (χ3n) is 2.85. The summed E-state index contributed by atoms with van der Waals surface area (Å²) in [6.45, 7) is 1.93. The highest BCUT2D eigenvalue weighted by atomic mass is 79.9. The van der Waals surface area contributed by atoms with Crippen LogP contribution in [0.5, 0.6) is 0 Å². The number of anilines is 2. The molecule has 0 spiro atoms. The molecule has 0 fully saturated rings. The number of halogens is 1. The second-order valence-corrected chi connectivity index (χ2v) is 5.55. The lowest BCUT2D eigenvalue weighted by molar-refractivity contribution is -0.142. The average Bonchev–Trinajstić information content (AvgIpc) is 2.46. The molecule has 8 heteroatoms. The second-order valence-electron chi connectivity index (χ2n) is 4.69. The number of carbonyl (C=O) groups excluding carboxylic acids is 1.